The molecule has 1 aromatic carbocycles. The van der Waals surface area contributed by atoms with Crippen LogP contribution in [0, 0.1) is 11.3 Å². The van der Waals surface area contributed by atoms with Gasteiger partial charge in [0, 0.05) is 4.47 Å². The lowest BCUT2D eigenvalue weighted by Crippen LogP contribution is -2.39. The number of aliphatic hydroxyl groups is 1. The van der Waals surface area contributed by atoms with Crippen LogP contribution in [0.2, 0.25) is 0 Å². The van der Waals surface area contributed by atoms with Crippen LogP contribution in [0.25, 0.3) is 0 Å². The molecule has 1 N–H and O–H groups in total. The molecule has 0 spiro atoms. The molecule has 16 heavy (non-hydrogen) atoms. The van der Waals surface area contributed by atoms with Crippen molar-refractivity contribution >= 4 is 15.9 Å². The molecule has 0 saturated heterocycles. The fourth-order valence-corrected chi connectivity index (χ4v) is 1.41. The highest BCUT2D eigenvalue weighted by atomic mass is 79.9. The van der Waals surface area contributed by atoms with Crippen LogP contribution in [0.1, 0.15) is 18.1 Å². The van der Waals surface area contributed by atoms with Gasteiger partial charge in [0.15, 0.2) is 5.60 Å². The number of halogens is 4. The summed E-state index contributed by atoms with van der Waals surface area (Å²) in [6.07, 6.45) is -4.78. The quantitative estimate of drug-likeness (QED) is 0.865. The first kappa shape index (κ1) is 13.0. The summed E-state index contributed by atoms with van der Waals surface area (Å²) in [5.74, 6) is 0. The first-order valence-corrected chi connectivity index (χ1v) is 4.98. The van der Waals surface area contributed by atoms with E-state index in [2.05, 4.69) is 15.9 Å². The SMILES string of the molecule is CC(O)(c1ccc(Br)c(C#N)c1)C(F)(F)F. The highest BCUT2D eigenvalue weighted by molar-refractivity contribution is 9.10. The van der Waals surface area contributed by atoms with Gasteiger partial charge in [0.05, 0.1) is 5.56 Å². The lowest BCUT2D eigenvalue weighted by molar-refractivity contribution is -0.258. The molecular formula is C10H7BrF3NO. The van der Waals surface area contributed by atoms with Gasteiger partial charge in [-0.15, -0.1) is 0 Å². The molecule has 0 amide bonds. The van der Waals surface area contributed by atoms with Crippen LogP contribution < -0.4 is 0 Å². The van der Waals surface area contributed by atoms with E-state index >= 15 is 0 Å². The first-order chi connectivity index (χ1) is 7.20. The van der Waals surface area contributed by atoms with Gasteiger partial charge >= 0.3 is 6.18 Å². The van der Waals surface area contributed by atoms with Crippen molar-refractivity contribution in [2.75, 3.05) is 0 Å². The van der Waals surface area contributed by atoms with Crippen molar-refractivity contribution < 1.29 is 18.3 Å². The maximum absolute atomic E-state index is 12.5. The van der Waals surface area contributed by atoms with Gasteiger partial charge in [-0.3, -0.25) is 0 Å². The molecule has 6 heteroatoms. The first-order valence-electron chi connectivity index (χ1n) is 4.19. The average Bonchev–Trinajstić information content (AvgIpc) is 2.16. The van der Waals surface area contributed by atoms with Gasteiger partial charge in [-0.1, -0.05) is 6.07 Å². The lowest BCUT2D eigenvalue weighted by atomic mass is 9.94. The maximum Gasteiger partial charge on any atom is 0.421 e. The zero-order valence-electron chi connectivity index (χ0n) is 8.14. The fourth-order valence-electron chi connectivity index (χ4n) is 1.08. The predicted octanol–water partition coefficient (Wildman–Crippen LogP) is 3.09. The van der Waals surface area contributed by atoms with Crippen molar-refractivity contribution in [2.24, 2.45) is 0 Å². The number of alkyl halides is 3. The molecule has 1 atom stereocenters. The van der Waals surface area contributed by atoms with Gasteiger partial charge in [0.1, 0.15) is 6.07 Å². The van der Waals surface area contributed by atoms with E-state index in [4.69, 9.17) is 5.26 Å². The number of rotatable bonds is 1. The molecule has 2 nitrogen and oxygen atoms in total. The third-order valence-corrected chi connectivity index (χ3v) is 2.89. The molecule has 0 aliphatic rings. The number of hydrogen-bond donors (Lipinski definition) is 1. The van der Waals surface area contributed by atoms with E-state index in [1.807, 2.05) is 0 Å². The number of nitriles is 1. The Morgan fingerprint density at radius 2 is 1.94 bits per heavy atom. The molecule has 0 radical (unpaired) electrons. The van der Waals surface area contributed by atoms with Crippen LogP contribution in [-0.2, 0) is 5.60 Å². The summed E-state index contributed by atoms with van der Waals surface area (Å²) in [5.41, 5.74) is -3.28. The molecule has 0 fully saturated rings. The van der Waals surface area contributed by atoms with Crippen LogP contribution in [0.4, 0.5) is 13.2 Å². The van der Waals surface area contributed by atoms with Crippen LogP contribution in [0.5, 0.6) is 0 Å². The molecule has 0 aromatic heterocycles. The third kappa shape index (κ3) is 2.20. The second kappa shape index (κ2) is 4.07. The van der Waals surface area contributed by atoms with Crippen LogP contribution in [0.3, 0.4) is 0 Å². The summed E-state index contributed by atoms with van der Waals surface area (Å²) in [5, 5.41) is 18.1. The van der Waals surface area contributed by atoms with E-state index in [-0.39, 0.29) is 11.1 Å². The highest BCUT2D eigenvalue weighted by Crippen LogP contribution is 2.39. The lowest BCUT2D eigenvalue weighted by Gasteiger charge is -2.26. The van der Waals surface area contributed by atoms with Gasteiger partial charge < -0.3 is 5.11 Å². The van der Waals surface area contributed by atoms with Gasteiger partial charge in [0.25, 0.3) is 0 Å². The van der Waals surface area contributed by atoms with Crippen molar-refractivity contribution in [3.63, 3.8) is 0 Å². The molecule has 1 unspecified atom stereocenters. The largest absolute Gasteiger partial charge is 0.421 e. The van der Waals surface area contributed by atoms with Gasteiger partial charge in [-0.05, 0) is 40.5 Å². The Morgan fingerprint density at radius 1 is 1.38 bits per heavy atom. The van der Waals surface area contributed by atoms with Crippen molar-refractivity contribution in [1.29, 1.82) is 5.26 Å². The molecule has 1 rings (SSSR count). The Bertz CT molecular complexity index is 448. The van der Waals surface area contributed by atoms with E-state index in [0.29, 0.717) is 11.4 Å². The van der Waals surface area contributed by atoms with Crippen molar-refractivity contribution in [3.05, 3.63) is 33.8 Å². The minimum absolute atomic E-state index is 0.0435. The molecule has 0 bridgehead atoms. The zero-order chi connectivity index (χ0) is 12.6. The second-order valence-electron chi connectivity index (χ2n) is 3.38. The van der Waals surface area contributed by atoms with Crippen LogP contribution >= 0.6 is 15.9 Å². The highest BCUT2D eigenvalue weighted by Gasteiger charge is 2.51. The molecule has 0 saturated carbocycles. The summed E-state index contributed by atoms with van der Waals surface area (Å²) in [7, 11) is 0. The Morgan fingerprint density at radius 3 is 2.38 bits per heavy atom. The summed E-state index contributed by atoms with van der Waals surface area (Å²) in [6, 6.07) is 5.17. The summed E-state index contributed by atoms with van der Waals surface area (Å²) in [6.45, 7) is 0.650. The molecule has 1 aromatic rings. The smallest absolute Gasteiger partial charge is 0.376 e. The standard InChI is InChI=1S/C10H7BrF3NO/c1-9(16,10(12,13)14)7-2-3-8(11)6(4-7)5-15/h2-4,16H,1H3. The molecule has 0 heterocycles. The summed E-state index contributed by atoms with van der Waals surface area (Å²) >= 11 is 3.02. The monoisotopic (exact) mass is 293 g/mol. The van der Waals surface area contributed by atoms with E-state index in [0.717, 1.165) is 12.1 Å². The summed E-state index contributed by atoms with van der Waals surface area (Å²) < 4.78 is 37.9. The topological polar surface area (TPSA) is 44.0 Å². The maximum atomic E-state index is 12.5. The van der Waals surface area contributed by atoms with Crippen molar-refractivity contribution in [3.8, 4) is 6.07 Å². The number of hydrogen-bond acceptors (Lipinski definition) is 2. The molecular weight excluding hydrogens is 287 g/mol. The third-order valence-electron chi connectivity index (χ3n) is 2.20. The number of benzene rings is 1. The van der Waals surface area contributed by atoms with Gasteiger partial charge in [0.2, 0.25) is 0 Å². The van der Waals surface area contributed by atoms with Crippen LogP contribution in [-0.4, -0.2) is 11.3 Å². The van der Waals surface area contributed by atoms with Crippen LogP contribution in [0.15, 0.2) is 22.7 Å². The Balaban J connectivity index is 3.31. The van der Waals surface area contributed by atoms with E-state index in [1.54, 1.807) is 6.07 Å². The fraction of sp³-hybridized carbons (Fsp3) is 0.300. The van der Waals surface area contributed by atoms with E-state index < -0.39 is 11.8 Å². The Hall–Kier alpha value is -1.06. The Labute approximate surface area is 98.4 Å². The normalized spacial score (nSPS) is 15.3. The Kier molecular flexibility index (Phi) is 3.31. The minimum Gasteiger partial charge on any atom is -0.376 e. The van der Waals surface area contributed by atoms with E-state index in [9.17, 15) is 18.3 Å². The number of nitrogens with zero attached hydrogens (tertiary/aromatic N) is 1. The second-order valence-corrected chi connectivity index (χ2v) is 4.23. The van der Waals surface area contributed by atoms with Gasteiger partial charge in [-0.25, -0.2) is 0 Å². The van der Waals surface area contributed by atoms with E-state index in [1.165, 1.54) is 6.07 Å². The zero-order valence-corrected chi connectivity index (χ0v) is 9.72. The minimum atomic E-state index is -4.78. The van der Waals surface area contributed by atoms with Gasteiger partial charge in [-0.2, -0.15) is 18.4 Å². The summed E-state index contributed by atoms with van der Waals surface area (Å²) in [4.78, 5) is 0. The molecule has 86 valence electrons. The van der Waals surface area contributed by atoms with Crippen molar-refractivity contribution in [2.45, 2.75) is 18.7 Å². The molecule has 0 aliphatic carbocycles. The van der Waals surface area contributed by atoms with Crippen molar-refractivity contribution in [1.82, 2.24) is 0 Å². The molecule has 0 aliphatic heterocycles. The average molecular weight is 294 g/mol. The predicted molar refractivity (Wildman–Crippen MR) is 54.5 cm³/mol.